The first-order valence-electron chi connectivity index (χ1n) is 12.3. The Labute approximate surface area is 202 Å². The number of nitrogens with one attached hydrogen (secondary N) is 1. The van der Waals surface area contributed by atoms with Crippen molar-refractivity contribution in [1.29, 1.82) is 0 Å². The van der Waals surface area contributed by atoms with Crippen molar-refractivity contribution in [2.45, 2.75) is 25.8 Å². The maximum absolute atomic E-state index is 13.0. The van der Waals surface area contributed by atoms with Gasteiger partial charge in [0.25, 0.3) is 0 Å². The van der Waals surface area contributed by atoms with Gasteiger partial charge in [-0.05, 0) is 49.5 Å². The van der Waals surface area contributed by atoms with Crippen molar-refractivity contribution in [2.75, 3.05) is 50.7 Å². The number of carbonyl (C=O) groups is 2. The van der Waals surface area contributed by atoms with E-state index in [4.69, 9.17) is 0 Å². The van der Waals surface area contributed by atoms with Gasteiger partial charge in [0.2, 0.25) is 11.8 Å². The number of rotatable bonds is 7. The van der Waals surface area contributed by atoms with Gasteiger partial charge in [-0.3, -0.25) is 14.5 Å². The molecule has 2 aliphatic rings. The van der Waals surface area contributed by atoms with Gasteiger partial charge in [-0.1, -0.05) is 36.4 Å². The van der Waals surface area contributed by atoms with Crippen LogP contribution in [0.1, 0.15) is 25.3 Å². The van der Waals surface area contributed by atoms with Crippen molar-refractivity contribution in [3.63, 3.8) is 0 Å². The topological polar surface area (TPSA) is 68.8 Å². The number of nitrogens with zero attached hydrogens (tertiary/aromatic N) is 4. The Bertz CT molecular complexity index is 958. The minimum absolute atomic E-state index is 0.00568. The number of pyridine rings is 1. The van der Waals surface area contributed by atoms with Gasteiger partial charge in [0.15, 0.2) is 0 Å². The van der Waals surface area contributed by atoms with E-state index in [1.54, 1.807) is 13.0 Å². The molecule has 0 spiro atoms. The zero-order valence-electron chi connectivity index (χ0n) is 20.0. The number of hydrogen-bond acceptors (Lipinski definition) is 5. The lowest BCUT2D eigenvalue weighted by molar-refractivity contribution is -0.136. The minimum Gasteiger partial charge on any atom is -0.354 e. The molecule has 1 aromatic carbocycles. The second-order valence-corrected chi connectivity index (χ2v) is 9.24. The molecule has 0 bridgehead atoms. The Kier molecular flexibility index (Phi) is 8.31. The smallest absolute Gasteiger partial charge is 0.244 e. The monoisotopic (exact) mass is 461 g/mol. The van der Waals surface area contributed by atoms with E-state index in [0.29, 0.717) is 5.92 Å². The number of piperazine rings is 1. The van der Waals surface area contributed by atoms with E-state index >= 15 is 0 Å². The first-order valence-corrected chi connectivity index (χ1v) is 12.3. The minimum atomic E-state index is -0.534. The Morgan fingerprint density at radius 1 is 1.06 bits per heavy atom. The highest BCUT2D eigenvalue weighted by Gasteiger charge is 2.29. The van der Waals surface area contributed by atoms with Crippen molar-refractivity contribution in [2.24, 2.45) is 5.92 Å². The molecule has 2 aromatic rings. The molecule has 7 heteroatoms. The van der Waals surface area contributed by atoms with Crippen LogP contribution in [0.3, 0.4) is 0 Å². The maximum Gasteiger partial charge on any atom is 0.244 e. The summed E-state index contributed by atoms with van der Waals surface area (Å²) in [6, 6.07) is 15.2. The van der Waals surface area contributed by atoms with E-state index in [1.165, 1.54) is 6.08 Å². The first kappa shape index (κ1) is 24.0. The van der Waals surface area contributed by atoms with Gasteiger partial charge in [0, 0.05) is 58.1 Å². The standard InChI is InChI=1S/C27H35N5O2/c1-22(29-26(33)13-12-23-8-3-2-4-9-23)27(34)32-15-7-10-24(21-32)20-30-16-18-31(19-17-30)25-11-5-6-14-28-25/h2-6,8-9,11-14,22,24H,7,10,15-21H2,1H3,(H,29,33)/b13-12+. The largest absolute Gasteiger partial charge is 0.354 e. The summed E-state index contributed by atoms with van der Waals surface area (Å²) in [7, 11) is 0. The molecule has 2 saturated heterocycles. The molecule has 1 aromatic heterocycles. The lowest BCUT2D eigenvalue weighted by atomic mass is 9.96. The number of piperidine rings is 1. The van der Waals surface area contributed by atoms with Gasteiger partial charge in [0.1, 0.15) is 11.9 Å². The fourth-order valence-electron chi connectivity index (χ4n) is 4.81. The molecule has 7 nitrogen and oxygen atoms in total. The molecular formula is C27H35N5O2. The second-order valence-electron chi connectivity index (χ2n) is 9.24. The van der Waals surface area contributed by atoms with E-state index in [1.807, 2.05) is 53.6 Å². The number of amides is 2. The summed E-state index contributed by atoms with van der Waals surface area (Å²) in [6.45, 7) is 8.31. The zero-order valence-corrected chi connectivity index (χ0v) is 20.0. The van der Waals surface area contributed by atoms with Crippen molar-refractivity contribution in [3.05, 3.63) is 66.4 Å². The molecule has 2 aliphatic heterocycles. The average molecular weight is 462 g/mol. The summed E-state index contributed by atoms with van der Waals surface area (Å²) in [4.78, 5) is 36.5. The Morgan fingerprint density at radius 3 is 2.56 bits per heavy atom. The second kappa shape index (κ2) is 11.8. The maximum atomic E-state index is 13.0. The summed E-state index contributed by atoms with van der Waals surface area (Å²) in [5.41, 5.74) is 0.955. The quantitative estimate of drug-likeness (QED) is 0.642. The van der Waals surface area contributed by atoms with Gasteiger partial charge < -0.3 is 15.1 Å². The molecule has 1 N–H and O–H groups in total. The van der Waals surface area contributed by atoms with Crippen LogP contribution in [0.4, 0.5) is 5.82 Å². The summed E-state index contributed by atoms with van der Waals surface area (Å²) in [5, 5.41) is 2.83. The molecule has 4 rings (SSSR count). The molecule has 3 heterocycles. The van der Waals surface area contributed by atoms with Crippen LogP contribution in [-0.2, 0) is 9.59 Å². The molecule has 2 atom stereocenters. The summed E-state index contributed by atoms with van der Waals surface area (Å²) < 4.78 is 0. The average Bonchev–Trinajstić information content (AvgIpc) is 2.89. The third kappa shape index (κ3) is 6.67. The van der Waals surface area contributed by atoms with E-state index in [9.17, 15) is 9.59 Å². The number of aromatic nitrogens is 1. The Hall–Kier alpha value is -3.19. The van der Waals surface area contributed by atoms with E-state index in [-0.39, 0.29) is 11.8 Å². The lowest BCUT2D eigenvalue weighted by Crippen LogP contribution is -2.52. The summed E-state index contributed by atoms with van der Waals surface area (Å²) in [6.07, 6.45) is 7.25. The predicted molar refractivity (Wildman–Crippen MR) is 135 cm³/mol. The molecule has 34 heavy (non-hydrogen) atoms. The SMILES string of the molecule is CC(NC(=O)/C=C/c1ccccc1)C(=O)N1CCCC(CN2CCN(c3ccccn3)CC2)C1. The van der Waals surface area contributed by atoms with Gasteiger partial charge >= 0.3 is 0 Å². The highest BCUT2D eigenvalue weighted by atomic mass is 16.2. The van der Waals surface area contributed by atoms with Crippen LogP contribution >= 0.6 is 0 Å². The van der Waals surface area contributed by atoms with Crippen molar-refractivity contribution in [1.82, 2.24) is 20.1 Å². The fraction of sp³-hybridized carbons (Fsp3) is 0.444. The predicted octanol–water partition coefficient (Wildman–Crippen LogP) is 2.66. The molecule has 180 valence electrons. The van der Waals surface area contributed by atoms with Crippen molar-refractivity contribution >= 4 is 23.7 Å². The number of likely N-dealkylation sites (tertiary alicyclic amines) is 1. The van der Waals surface area contributed by atoms with Gasteiger partial charge in [-0.25, -0.2) is 4.98 Å². The Morgan fingerprint density at radius 2 is 1.82 bits per heavy atom. The number of hydrogen-bond donors (Lipinski definition) is 1. The van der Waals surface area contributed by atoms with Crippen LogP contribution in [0.15, 0.2) is 60.8 Å². The molecule has 0 radical (unpaired) electrons. The summed E-state index contributed by atoms with van der Waals surface area (Å²) >= 11 is 0. The molecule has 2 unspecified atom stereocenters. The number of anilines is 1. The van der Waals surface area contributed by atoms with Crippen LogP contribution in [0.25, 0.3) is 6.08 Å². The molecule has 0 aliphatic carbocycles. The van der Waals surface area contributed by atoms with Crippen LogP contribution in [0.2, 0.25) is 0 Å². The van der Waals surface area contributed by atoms with Crippen LogP contribution in [0, 0.1) is 5.92 Å². The van der Waals surface area contributed by atoms with Gasteiger partial charge in [-0.2, -0.15) is 0 Å². The highest BCUT2D eigenvalue weighted by Crippen LogP contribution is 2.20. The molecule has 2 amide bonds. The van der Waals surface area contributed by atoms with Gasteiger partial charge in [0.05, 0.1) is 0 Å². The van der Waals surface area contributed by atoms with Crippen LogP contribution < -0.4 is 10.2 Å². The van der Waals surface area contributed by atoms with E-state index < -0.39 is 6.04 Å². The third-order valence-electron chi connectivity index (χ3n) is 6.65. The number of carbonyl (C=O) groups excluding carboxylic acids is 2. The Balaban J connectivity index is 1.22. The van der Waals surface area contributed by atoms with Crippen molar-refractivity contribution in [3.8, 4) is 0 Å². The molecular weight excluding hydrogens is 426 g/mol. The van der Waals surface area contributed by atoms with Crippen LogP contribution in [-0.4, -0.2) is 78.5 Å². The normalized spacial score (nSPS) is 20.3. The summed E-state index contributed by atoms with van der Waals surface area (Å²) in [5.74, 6) is 1.28. The first-order chi connectivity index (χ1) is 16.6. The lowest BCUT2D eigenvalue weighted by Gasteiger charge is -2.40. The van der Waals surface area contributed by atoms with Crippen molar-refractivity contribution < 1.29 is 9.59 Å². The zero-order chi connectivity index (χ0) is 23.8. The number of benzene rings is 1. The highest BCUT2D eigenvalue weighted by molar-refractivity contribution is 5.95. The molecule has 0 saturated carbocycles. The van der Waals surface area contributed by atoms with Crippen LogP contribution in [0.5, 0.6) is 0 Å². The fourth-order valence-corrected chi connectivity index (χ4v) is 4.81. The van der Waals surface area contributed by atoms with E-state index in [2.05, 4.69) is 26.2 Å². The molecule has 2 fully saturated rings. The third-order valence-corrected chi connectivity index (χ3v) is 6.65. The van der Waals surface area contributed by atoms with E-state index in [0.717, 1.165) is 70.0 Å². The van der Waals surface area contributed by atoms with Gasteiger partial charge in [-0.15, -0.1) is 0 Å².